The molecule has 0 unspecified atom stereocenters. The normalized spacial score (nSPS) is 19.6. The molecular weight excluding hydrogens is 1160 g/mol. The third-order valence-corrected chi connectivity index (χ3v) is 15.0. The molecule has 0 spiro atoms. The number of hydrogen-bond acceptors (Lipinski definition) is 19. The monoisotopic (exact) mass is 1260 g/mol. The van der Waals surface area contributed by atoms with Crippen LogP contribution in [0.25, 0.3) is 0 Å². The lowest BCUT2D eigenvalue weighted by Gasteiger charge is -2.48. The average molecular weight is 1260 g/mol. The molecule has 2 saturated heterocycles. The number of carbonyl (C=O) groups excluding carboxylic acids is 7. The van der Waals surface area contributed by atoms with Crippen molar-refractivity contribution in [1.29, 1.82) is 0 Å². The molecule has 2 aliphatic heterocycles. The maximum Gasteiger partial charge on any atom is 0.407 e. The molecule has 91 heavy (non-hydrogen) atoms. The van der Waals surface area contributed by atoms with Crippen molar-refractivity contribution in [3.05, 3.63) is 144 Å². The van der Waals surface area contributed by atoms with Crippen LogP contribution in [-0.2, 0) is 47.5 Å². The van der Waals surface area contributed by atoms with Gasteiger partial charge < -0.3 is 48.1 Å². The summed E-state index contributed by atoms with van der Waals surface area (Å²) < 4.78 is 49.7. The number of esters is 6. The van der Waals surface area contributed by atoms with Crippen molar-refractivity contribution in [2.75, 3.05) is 85.1 Å². The minimum Gasteiger partial charge on any atom is -0.459 e. The fraction of sp³-hybridized carbons (Fsp3) is 0.563. The van der Waals surface area contributed by atoms with Gasteiger partial charge in [0.15, 0.2) is 24.5 Å². The van der Waals surface area contributed by atoms with E-state index < -0.39 is 83.9 Å². The lowest BCUT2D eigenvalue weighted by atomic mass is 9.95. The maximum absolute atomic E-state index is 14.7. The number of hydrogen-bond donors (Lipinski definition) is 1. The molecule has 5 atom stereocenters. The number of benzene rings is 4. The third-order valence-electron chi connectivity index (χ3n) is 15.0. The Morgan fingerprint density at radius 1 is 0.429 bits per heavy atom. The molecule has 0 saturated carbocycles. The quantitative estimate of drug-likeness (QED) is 0.0370. The highest BCUT2D eigenvalue weighted by molar-refractivity contribution is 5.91. The van der Waals surface area contributed by atoms with E-state index in [-0.39, 0.29) is 67.0 Å². The van der Waals surface area contributed by atoms with Gasteiger partial charge in [0.25, 0.3) is 0 Å². The van der Waals surface area contributed by atoms with E-state index in [1.165, 1.54) is 0 Å². The van der Waals surface area contributed by atoms with E-state index >= 15 is 0 Å². The zero-order valence-electron chi connectivity index (χ0n) is 55.1. The van der Waals surface area contributed by atoms with Crippen LogP contribution < -0.4 is 5.32 Å². The van der Waals surface area contributed by atoms with Crippen LogP contribution >= 0.6 is 0 Å². The second-order valence-corrected chi connectivity index (χ2v) is 26.3. The van der Waals surface area contributed by atoms with Crippen molar-refractivity contribution < 1.29 is 71.5 Å². The lowest BCUT2D eigenvalue weighted by molar-refractivity contribution is -0.263. The van der Waals surface area contributed by atoms with Crippen LogP contribution in [0, 0.1) is 0 Å². The minimum atomic E-state index is -1.60. The van der Waals surface area contributed by atoms with E-state index in [9.17, 15) is 33.6 Å². The summed E-state index contributed by atoms with van der Waals surface area (Å²) in [5.41, 5.74) is -1.27. The standard InChI is InChI=1S/C71H99N5O15/c1-69(2,3)89-58(77)50-74-44-31-45-76(49-48-75(51-59(78)90-70(4,5)6)43-30-42-73(46-47-74)41-29-15-13-11-10-12-14-28-40-72-68(83)91-71(7,8)9)63-62(88-67(82)56-38-26-19-27-39-56)61(87-66(81)55-36-24-18-25-37-55)60(86-65(80)54-34-22-17-23-35-54)57(85-63)52-84-64(79)53-32-20-16-21-33-53/h16-27,32-39,57,60-63H,10-15,28-31,40-52H2,1-9H3,(H,72,83)/t57-,60-,61+,62-,63-/m0/s1. The summed E-state index contributed by atoms with van der Waals surface area (Å²) in [7, 11) is 0. The van der Waals surface area contributed by atoms with Gasteiger partial charge in [-0.1, -0.05) is 111 Å². The molecular formula is C71H99N5O15. The highest BCUT2D eigenvalue weighted by Gasteiger charge is 2.55. The third kappa shape index (κ3) is 27.2. The summed E-state index contributed by atoms with van der Waals surface area (Å²) in [5, 5.41) is 2.84. The number of carbonyl (C=O) groups is 7. The molecule has 0 bridgehead atoms. The van der Waals surface area contributed by atoms with Gasteiger partial charge in [-0.15, -0.1) is 0 Å². The molecule has 2 fully saturated rings. The number of rotatable bonds is 25. The van der Waals surface area contributed by atoms with Crippen LogP contribution in [0.1, 0.15) is 168 Å². The Morgan fingerprint density at radius 3 is 1.29 bits per heavy atom. The van der Waals surface area contributed by atoms with Crippen molar-refractivity contribution in [1.82, 2.24) is 24.9 Å². The first-order valence-electron chi connectivity index (χ1n) is 32.4. The minimum absolute atomic E-state index is 0.0178. The SMILES string of the molecule is CC(C)(C)OC(=O)CN1CCCN([C@H]2O[C@@H](COC(=O)c3ccccc3)[C@H](OC(=O)c3ccccc3)[C@@H](OC(=O)c3ccccc3)[C@@H]2OC(=O)c2ccccc2)CCN(CC(=O)OC(C)(C)C)CCCN(CCCCCCCCCCNC(=O)OC(C)(C)C)CC1. The largest absolute Gasteiger partial charge is 0.459 e. The van der Waals surface area contributed by atoms with Crippen LogP contribution in [0.5, 0.6) is 0 Å². The second-order valence-electron chi connectivity index (χ2n) is 26.3. The van der Waals surface area contributed by atoms with E-state index in [0.29, 0.717) is 52.1 Å². The van der Waals surface area contributed by atoms with E-state index in [0.717, 1.165) is 57.9 Å². The second kappa shape index (κ2) is 36.7. The van der Waals surface area contributed by atoms with Crippen LogP contribution in [0.4, 0.5) is 4.79 Å². The molecule has 1 amide bonds. The number of nitrogens with one attached hydrogen (secondary N) is 1. The van der Waals surface area contributed by atoms with Crippen LogP contribution in [0.3, 0.4) is 0 Å². The van der Waals surface area contributed by atoms with Gasteiger partial charge in [-0.3, -0.25) is 24.3 Å². The van der Waals surface area contributed by atoms with E-state index in [4.69, 9.17) is 37.9 Å². The lowest BCUT2D eigenvalue weighted by Crippen LogP contribution is -2.67. The van der Waals surface area contributed by atoms with Crippen molar-refractivity contribution in [3.63, 3.8) is 0 Å². The van der Waals surface area contributed by atoms with Crippen molar-refractivity contribution in [2.24, 2.45) is 0 Å². The highest BCUT2D eigenvalue weighted by Crippen LogP contribution is 2.33. The average Bonchev–Trinajstić information content (AvgIpc) is 0.906. The molecule has 20 heteroatoms. The molecule has 2 heterocycles. The predicted molar refractivity (Wildman–Crippen MR) is 345 cm³/mol. The molecule has 20 nitrogen and oxygen atoms in total. The first-order chi connectivity index (χ1) is 43.4. The highest BCUT2D eigenvalue weighted by atomic mass is 16.7. The molecule has 4 aromatic rings. The summed E-state index contributed by atoms with van der Waals surface area (Å²) >= 11 is 0. The Kier molecular flexibility index (Phi) is 29.4. The smallest absolute Gasteiger partial charge is 0.407 e. The van der Waals surface area contributed by atoms with Gasteiger partial charge in [-0.2, -0.15) is 0 Å². The van der Waals surface area contributed by atoms with Crippen molar-refractivity contribution >= 4 is 41.9 Å². The predicted octanol–water partition coefficient (Wildman–Crippen LogP) is 10.6. The summed E-state index contributed by atoms with van der Waals surface area (Å²) in [5.74, 6) is -3.90. The Balaban J connectivity index is 1.33. The molecule has 4 aromatic carbocycles. The fourth-order valence-electron chi connectivity index (χ4n) is 10.8. The number of unbranched alkanes of at least 4 members (excludes halogenated alkanes) is 7. The van der Waals surface area contributed by atoms with Gasteiger partial charge in [-0.25, -0.2) is 24.0 Å². The van der Waals surface area contributed by atoms with E-state index in [1.54, 1.807) is 121 Å². The van der Waals surface area contributed by atoms with Crippen LogP contribution in [0.15, 0.2) is 121 Å². The molecule has 0 aromatic heterocycles. The molecule has 6 rings (SSSR count). The van der Waals surface area contributed by atoms with Gasteiger partial charge >= 0.3 is 41.9 Å². The summed E-state index contributed by atoms with van der Waals surface area (Å²) in [6.45, 7) is 20.9. The number of nitrogens with zero attached hydrogens (tertiary/aromatic N) is 4. The Hall–Kier alpha value is -7.23. The fourth-order valence-corrected chi connectivity index (χ4v) is 10.8. The van der Waals surface area contributed by atoms with E-state index in [1.807, 2.05) is 72.1 Å². The zero-order chi connectivity index (χ0) is 65.8. The van der Waals surface area contributed by atoms with Crippen LogP contribution in [0.2, 0.25) is 0 Å². The summed E-state index contributed by atoms with van der Waals surface area (Å²) in [6, 6.07) is 33.1. The Morgan fingerprint density at radius 2 is 0.813 bits per heavy atom. The van der Waals surface area contributed by atoms with Gasteiger partial charge in [0.05, 0.1) is 35.3 Å². The topological polar surface area (TPSA) is 218 Å². The van der Waals surface area contributed by atoms with Gasteiger partial charge in [-0.05, 0) is 150 Å². The van der Waals surface area contributed by atoms with Gasteiger partial charge in [0.2, 0.25) is 0 Å². The molecule has 0 radical (unpaired) electrons. The number of ether oxygens (including phenoxy) is 8. The van der Waals surface area contributed by atoms with Gasteiger partial charge in [0, 0.05) is 52.4 Å². The summed E-state index contributed by atoms with van der Waals surface area (Å²) in [4.78, 5) is 106. The Bertz CT molecular complexity index is 2860. The maximum atomic E-state index is 14.7. The first-order valence-corrected chi connectivity index (χ1v) is 32.4. The zero-order valence-corrected chi connectivity index (χ0v) is 55.1. The first kappa shape index (κ1) is 72.8. The number of alkyl carbamates (subject to hydrolysis) is 1. The van der Waals surface area contributed by atoms with E-state index in [2.05, 4.69) is 15.1 Å². The molecule has 2 aliphatic rings. The Labute approximate surface area is 538 Å². The molecule has 1 N–H and O–H groups in total. The summed E-state index contributed by atoms with van der Waals surface area (Å²) in [6.07, 6.45) is 1.77. The van der Waals surface area contributed by atoms with Crippen LogP contribution in [-0.4, -0.2) is 194 Å². The van der Waals surface area contributed by atoms with Gasteiger partial charge in [0.1, 0.15) is 29.5 Å². The molecule has 0 aliphatic carbocycles. The molecule has 498 valence electrons. The van der Waals surface area contributed by atoms with Crippen molar-refractivity contribution in [3.8, 4) is 0 Å². The van der Waals surface area contributed by atoms with Crippen molar-refractivity contribution in [2.45, 2.75) is 174 Å². The number of amides is 1.